The number of benzene rings is 1. The van der Waals surface area contributed by atoms with Crippen molar-refractivity contribution in [2.45, 2.75) is 0 Å². The number of rotatable bonds is 1. The van der Waals surface area contributed by atoms with Crippen LogP contribution in [0.15, 0.2) is 53.2 Å². The van der Waals surface area contributed by atoms with Crippen LogP contribution >= 0.6 is 15.9 Å². The summed E-state index contributed by atoms with van der Waals surface area (Å²) >= 11 is 3.45. The van der Waals surface area contributed by atoms with Gasteiger partial charge in [0.25, 0.3) is 0 Å². The molecule has 14 heavy (non-hydrogen) atoms. The van der Waals surface area contributed by atoms with E-state index in [1.165, 1.54) is 0 Å². The molecule has 0 spiro atoms. The summed E-state index contributed by atoms with van der Waals surface area (Å²) < 4.78 is 2.95. The lowest BCUT2D eigenvalue weighted by Crippen LogP contribution is -2.12. The summed E-state index contributed by atoms with van der Waals surface area (Å²) in [7, 11) is 0. The first-order chi connectivity index (χ1) is 6.77. The summed E-state index contributed by atoms with van der Waals surface area (Å²) in [5, 5.41) is 0. The Morgan fingerprint density at radius 3 is 2.86 bits per heavy atom. The molecule has 0 saturated heterocycles. The van der Waals surface area contributed by atoms with E-state index in [-0.39, 0.29) is 0 Å². The van der Waals surface area contributed by atoms with Gasteiger partial charge in [-0.15, -0.1) is 12.1 Å². The van der Waals surface area contributed by atoms with Crippen LogP contribution < -0.4 is 0 Å². The molecule has 0 unspecified atom stereocenters. The maximum absolute atomic E-state index is 3.93. The molecular formula is C12H10BrN. The van der Waals surface area contributed by atoms with Crippen molar-refractivity contribution >= 4 is 22.6 Å². The number of hydrogen-bond acceptors (Lipinski definition) is 0. The lowest BCUT2D eigenvalue weighted by molar-refractivity contribution is -0.417. The molecule has 1 aromatic carbocycles. The second kappa shape index (κ2) is 3.84. The summed E-state index contributed by atoms with van der Waals surface area (Å²) in [6.07, 6.45) is 7.97. The third kappa shape index (κ3) is 1.80. The van der Waals surface area contributed by atoms with Crippen molar-refractivity contribution in [2.75, 3.05) is 0 Å². The molecule has 1 aromatic rings. The minimum atomic E-state index is 1.08. The zero-order valence-corrected chi connectivity index (χ0v) is 9.24. The minimum absolute atomic E-state index is 1.08. The lowest BCUT2D eigenvalue weighted by atomic mass is 10.1. The first-order valence-corrected chi connectivity index (χ1v) is 5.14. The van der Waals surface area contributed by atoms with Crippen molar-refractivity contribution in [1.29, 1.82) is 0 Å². The molecule has 0 amide bonds. The maximum atomic E-state index is 3.93. The van der Waals surface area contributed by atoms with Gasteiger partial charge in [0.2, 0.25) is 0 Å². The summed E-state index contributed by atoms with van der Waals surface area (Å²) in [6.45, 7) is 3.93. The van der Waals surface area contributed by atoms with Crippen LogP contribution in [0.5, 0.6) is 0 Å². The first-order valence-electron chi connectivity index (χ1n) is 4.35. The van der Waals surface area contributed by atoms with E-state index in [0.717, 1.165) is 16.1 Å². The van der Waals surface area contributed by atoms with E-state index in [1.54, 1.807) is 0 Å². The zero-order valence-electron chi connectivity index (χ0n) is 7.65. The van der Waals surface area contributed by atoms with E-state index in [0.29, 0.717) is 0 Å². The molecule has 1 aliphatic heterocycles. The summed E-state index contributed by atoms with van der Waals surface area (Å²) in [5.74, 6) is 0. The molecule has 0 atom stereocenters. The van der Waals surface area contributed by atoms with Gasteiger partial charge in [-0.05, 0) is 16.1 Å². The first kappa shape index (κ1) is 9.28. The van der Waals surface area contributed by atoms with Crippen molar-refractivity contribution in [1.82, 2.24) is 0 Å². The predicted molar refractivity (Wildman–Crippen MR) is 62.1 cm³/mol. The molecule has 0 fully saturated rings. The lowest BCUT2D eigenvalue weighted by Gasteiger charge is -2.15. The van der Waals surface area contributed by atoms with Crippen molar-refractivity contribution in [3.63, 3.8) is 0 Å². The third-order valence-electron chi connectivity index (χ3n) is 2.06. The molecule has 70 valence electrons. The average Bonchev–Trinajstić information content (AvgIpc) is 2.18. The fourth-order valence-electron chi connectivity index (χ4n) is 1.39. The highest BCUT2D eigenvalue weighted by Crippen LogP contribution is 2.22. The second-order valence-electron chi connectivity index (χ2n) is 3.07. The molecule has 0 radical (unpaired) electrons. The van der Waals surface area contributed by atoms with Gasteiger partial charge in [0.05, 0.1) is 6.72 Å². The van der Waals surface area contributed by atoms with E-state index in [2.05, 4.69) is 40.9 Å². The Balaban J connectivity index is 2.36. The molecule has 1 nitrogen and oxygen atoms in total. The van der Waals surface area contributed by atoms with E-state index in [9.17, 15) is 0 Å². The van der Waals surface area contributed by atoms with E-state index >= 15 is 0 Å². The van der Waals surface area contributed by atoms with Crippen LogP contribution in [-0.4, -0.2) is 11.3 Å². The molecule has 0 aliphatic carbocycles. The molecule has 0 bridgehead atoms. The quantitative estimate of drug-likeness (QED) is 0.530. The van der Waals surface area contributed by atoms with Gasteiger partial charge >= 0.3 is 0 Å². The van der Waals surface area contributed by atoms with Crippen LogP contribution in [0.25, 0.3) is 0 Å². The fraction of sp³-hybridized carbons (Fsp3) is 0. The average molecular weight is 248 g/mol. The van der Waals surface area contributed by atoms with Crippen molar-refractivity contribution in [3.05, 3.63) is 64.8 Å². The number of nitrogens with zero attached hydrogens (tertiary/aromatic N) is 1. The monoisotopic (exact) mass is 247 g/mol. The van der Waals surface area contributed by atoms with Gasteiger partial charge in [-0.2, -0.15) is 0 Å². The van der Waals surface area contributed by atoms with Crippen molar-refractivity contribution in [3.8, 4) is 0 Å². The molecule has 2 heteroatoms. The van der Waals surface area contributed by atoms with Crippen LogP contribution in [0.3, 0.4) is 0 Å². The molecule has 1 aliphatic rings. The number of hydrogen-bond donors (Lipinski definition) is 0. The highest BCUT2D eigenvalue weighted by molar-refractivity contribution is 9.10. The molecule has 0 N–H and O–H groups in total. The molecule has 0 saturated carbocycles. The highest BCUT2D eigenvalue weighted by Gasteiger charge is 2.12. The van der Waals surface area contributed by atoms with Gasteiger partial charge in [-0.1, -0.05) is 40.2 Å². The fourth-order valence-corrected chi connectivity index (χ4v) is 1.79. The Morgan fingerprint density at radius 1 is 1.29 bits per heavy atom. The standard InChI is InChI=1S/C12H10BrN/c1-14-8-3-2-7-12(14)10-5-4-6-11(13)9-10/h2-9H,1H2. The van der Waals surface area contributed by atoms with Gasteiger partial charge in [0.15, 0.2) is 0 Å². The molecule has 2 rings (SSSR count). The Kier molecular flexibility index (Phi) is 2.55. The van der Waals surface area contributed by atoms with E-state index in [4.69, 9.17) is 0 Å². The van der Waals surface area contributed by atoms with Gasteiger partial charge in [0, 0.05) is 0 Å². The third-order valence-corrected chi connectivity index (χ3v) is 2.55. The Hall–Kier alpha value is -1.28. The largest absolute Gasteiger partial charge is 0.255 e. The van der Waals surface area contributed by atoms with Crippen LogP contribution in [0.4, 0.5) is 0 Å². The molecule has 0 aromatic heterocycles. The van der Waals surface area contributed by atoms with Crippen LogP contribution in [0.1, 0.15) is 5.56 Å². The number of halogens is 1. The minimum Gasteiger partial charge on any atom is -0.255 e. The zero-order chi connectivity index (χ0) is 9.97. The SMILES string of the molecule is C=[N+]1C=CC=C[C-]1c1cccc(Br)c1. The van der Waals surface area contributed by atoms with Gasteiger partial charge < -0.3 is 0 Å². The topological polar surface area (TPSA) is 3.01 Å². The van der Waals surface area contributed by atoms with E-state index in [1.807, 2.05) is 35.1 Å². The van der Waals surface area contributed by atoms with Crippen LogP contribution in [-0.2, 0) is 0 Å². The summed E-state index contributed by atoms with van der Waals surface area (Å²) in [5.41, 5.74) is 1.16. The second-order valence-corrected chi connectivity index (χ2v) is 3.98. The number of allylic oxidation sites excluding steroid dienone is 2. The van der Waals surface area contributed by atoms with E-state index < -0.39 is 0 Å². The smallest absolute Gasteiger partial charge is 0.147 e. The van der Waals surface area contributed by atoms with Crippen LogP contribution in [0, 0.1) is 6.04 Å². The Bertz CT molecular complexity index is 418. The predicted octanol–water partition coefficient (Wildman–Crippen LogP) is 3.13. The maximum Gasteiger partial charge on any atom is 0.147 e. The van der Waals surface area contributed by atoms with Gasteiger partial charge in [-0.3, -0.25) is 4.58 Å². The molecule has 1 heterocycles. The summed E-state index contributed by atoms with van der Waals surface area (Å²) in [6, 6.07) is 9.29. The van der Waals surface area contributed by atoms with Crippen molar-refractivity contribution < 1.29 is 4.58 Å². The normalized spacial score (nSPS) is 14.9. The Morgan fingerprint density at radius 2 is 2.14 bits per heavy atom. The molecular weight excluding hydrogens is 238 g/mol. The van der Waals surface area contributed by atoms with Crippen molar-refractivity contribution in [2.24, 2.45) is 0 Å². The van der Waals surface area contributed by atoms with Gasteiger partial charge in [-0.25, -0.2) is 0 Å². The highest BCUT2D eigenvalue weighted by atomic mass is 79.9. The Labute approximate surface area is 92.2 Å². The van der Waals surface area contributed by atoms with Crippen LogP contribution in [0.2, 0.25) is 0 Å². The van der Waals surface area contributed by atoms with Gasteiger partial charge in [0.1, 0.15) is 12.2 Å². The summed E-state index contributed by atoms with van der Waals surface area (Å²) in [4.78, 5) is 0.